The molecule has 0 saturated carbocycles. The van der Waals surface area contributed by atoms with Gasteiger partial charge < -0.3 is 14.1 Å². The summed E-state index contributed by atoms with van der Waals surface area (Å²) in [6, 6.07) is 2.03. The van der Waals surface area contributed by atoms with Gasteiger partial charge in [0.2, 0.25) is 0 Å². The Labute approximate surface area is 137 Å². The van der Waals surface area contributed by atoms with Crippen LogP contribution in [-0.4, -0.2) is 53.6 Å². The standard InChI is InChI=1S/C18H26N2O3/c21-17(20-8-1-2-9-20)16-3-5-18(23-16)6-10-19(11-7-18)13-15-4-12-22-14-15/h4,12,14,16H,1-3,5-11,13H2. The number of likely N-dealkylation sites (tertiary alicyclic amines) is 2. The largest absolute Gasteiger partial charge is 0.472 e. The zero-order valence-electron chi connectivity index (χ0n) is 13.7. The maximum Gasteiger partial charge on any atom is 0.251 e. The third kappa shape index (κ3) is 3.17. The molecular formula is C18H26N2O3. The summed E-state index contributed by atoms with van der Waals surface area (Å²) in [6.07, 6.45) is 9.67. The third-order valence-corrected chi connectivity index (χ3v) is 5.70. The van der Waals surface area contributed by atoms with Crippen LogP contribution in [0.1, 0.15) is 44.1 Å². The molecule has 0 radical (unpaired) electrons. The molecule has 1 amide bonds. The Morgan fingerprint density at radius 2 is 1.96 bits per heavy atom. The van der Waals surface area contributed by atoms with Crippen molar-refractivity contribution in [2.45, 2.75) is 56.8 Å². The second-order valence-electron chi connectivity index (χ2n) is 7.27. The van der Waals surface area contributed by atoms with Crippen LogP contribution in [0.3, 0.4) is 0 Å². The molecule has 3 aliphatic heterocycles. The zero-order chi connectivity index (χ0) is 15.7. The van der Waals surface area contributed by atoms with Crippen molar-refractivity contribution in [2.24, 2.45) is 0 Å². The Hall–Kier alpha value is -1.33. The fraction of sp³-hybridized carbons (Fsp3) is 0.722. The summed E-state index contributed by atoms with van der Waals surface area (Å²) in [6.45, 7) is 4.86. The van der Waals surface area contributed by atoms with E-state index in [9.17, 15) is 4.79 Å². The fourth-order valence-electron chi connectivity index (χ4n) is 4.26. The molecule has 1 unspecified atom stereocenters. The van der Waals surface area contributed by atoms with Crippen LogP contribution >= 0.6 is 0 Å². The minimum absolute atomic E-state index is 0.0487. The van der Waals surface area contributed by atoms with E-state index in [2.05, 4.69) is 4.90 Å². The van der Waals surface area contributed by atoms with Crippen LogP contribution in [0.15, 0.2) is 23.0 Å². The quantitative estimate of drug-likeness (QED) is 0.858. The first-order chi connectivity index (χ1) is 11.2. The van der Waals surface area contributed by atoms with E-state index in [1.165, 1.54) is 5.56 Å². The van der Waals surface area contributed by atoms with Crippen molar-refractivity contribution in [1.29, 1.82) is 0 Å². The molecule has 126 valence electrons. The van der Waals surface area contributed by atoms with Crippen LogP contribution in [0, 0.1) is 0 Å². The van der Waals surface area contributed by atoms with E-state index in [-0.39, 0.29) is 17.6 Å². The zero-order valence-corrected chi connectivity index (χ0v) is 13.7. The summed E-state index contributed by atoms with van der Waals surface area (Å²) in [5, 5.41) is 0. The second-order valence-corrected chi connectivity index (χ2v) is 7.27. The summed E-state index contributed by atoms with van der Waals surface area (Å²) in [4.78, 5) is 17.0. The molecule has 0 aliphatic carbocycles. The Bertz CT molecular complexity index is 528. The number of furan rings is 1. The predicted molar refractivity (Wildman–Crippen MR) is 85.9 cm³/mol. The molecule has 1 spiro atoms. The molecule has 3 saturated heterocycles. The van der Waals surface area contributed by atoms with Gasteiger partial charge in [-0.25, -0.2) is 0 Å². The van der Waals surface area contributed by atoms with Crippen molar-refractivity contribution in [3.05, 3.63) is 24.2 Å². The Morgan fingerprint density at radius 3 is 2.65 bits per heavy atom. The molecule has 3 fully saturated rings. The second kappa shape index (κ2) is 6.29. The van der Waals surface area contributed by atoms with E-state index in [0.717, 1.165) is 71.2 Å². The molecule has 23 heavy (non-hydrogen) atoms. The highest BCUT2D eigenvalue weighted by molar-refractivity contribution is 5.81. The van der Waals surface area contributed by atoms with Gasteiger partial charge in [0.1, 0.15) is 6.10 Å². The van der Waals surface area contributed by atoms with Crippen LogP contribution in [0.4, 0.5) is 0 Å². The van der Waals surface area contributed by atoms with Gasteiger partial charge in [0, 0.05) is 38.3 Å². The van der Waals surface area contributed by atoms with E-state index in [4.69, 9.17) is 9.15 Å². The van der Waals surface area contributed by atoms with E-state index < -0.39 is 0 Å². The number of hydrogen-bond acceptors (Lipinski definition) is 4. The van der Waals surface area contributed by atoms with Crippen LogP contribution in [0.25, 0.3) is 0 Å². The Morgan fingerprint density at radius 1 is 1.17 bits per heavy atom. The van der Waals surface area contributed by atoms with E-state index in [1.54, 1.807) is 6.26 Å². The first-order valence-electron chi connectivity index (χ1n) is 8.94. The highest BCUT2D eigenvalue weighted by atomic mass is 16.5. The average molecular weight is 318 g/mol. The van der Waals surface area contributed by atoms with Gasteiger partial charge in [-0.2, -0.15) is 0 Å². The lowest BCUT2D eigenvalue weighted by atomic mass is 9.88. The number of carbonyl (C=O) groups excluding carboxylic acids is 1. The summed E-state index contributed by atoms with van der Waals surface area (Å²) in [5.41, 5.74) is 1.18. The first kappa shape index (κ1) is 15.2. The van der Waals surface area contributed by atoms with Gasteiger partial charge in [-0.1, -0.05) is 0 Å². The van der Waals surface area contributed by atoms with Crippen LogP contribution in [0.2, 0.25) is 0 Å². The van der Waals surface area contributed by atoms with Crippen molar-refractivity contribution in [3.8, 4) is 0 Å². The van der Waals surface area contributed by atoms with Crippen molar-refractivity contribution in [2.75, 3.05) is 26.2 Å². The minimum Gasteiger partial charge on any atom is -0.472 e. The molecule has 5 nitrogen and oxygen atoms in total. The number of carbonyl (C=O) groups is 1. The summed E-state index contributed by atoms with van der Waals surface area (Å²) >= 11 is 0. The Kier molecular flexibility index (Phi) is 4.16. The summed E-state index contributed by atoms with van der Waals surface area (Å²) in [5.74, 6) is 0.236. The van der Waals surface area contributed by atoms with Gasteiger partial charge in [0.05, 0.1) is 18.1 Å². The predicted octanol–water partition coefficient (Wildman–Crippen LogP) is 2.42. The SMILES string of the molecule is O=C(C1CCC2(CCN(Cc3ccoc3)CC2)O1)N1CCCC1. The number of amides is 1. The lowest BCUT2D eigenvalue weighted by molar-refractivity contribution is -0.150. The molecule has 4 heterocycles. The topological polar surface area (TPSA) is 45.9 Å². The van der Waals surface area contributed by atoms with Crippen molar-refractivity contribution < 1.29 is 13.9 Å². The van der Waals surface area contributed by atoms with Gasteiger partial charge in [0.15, 0.2) is 0 Å². The molecule has 1 atom stereocenters. The van der Waals surface area contributed by atoms with Gasteiger partial charge in [0.25, 0.3) is 5.91 Å². The smallest absolute Gasteiger partial charge is 0.251 e. The maximum absolute atomic E-state index is 12.5. The van der Waals surface area contributed by atoms with Gasteiger partial charge in [-0.05, 0) is 44.6 Å². The number of piperidine rings is 1. The normalized spacial score (nSPS) is 27.8. The minimum atomic E-state index is -0.187. The van der Waals surface area contributed by atoms with E-state index >= 15 is 0 Å². The number of hydrogen-bond donors (Lipinski definition) is 0. The molecule has 0 bridgehead atoms. The average Bonchev–Trinajstić information content (AvgIpc) is 3.31. The first-order valence-corrected chi connectivity index (χ1v) is 8.94. The molecule has 1 aromatic heterocycles. The molecule has 5 heteroatoms. The molecule has 0 N–H and O–H groups in total. The maximum atomic E-state index is 12.5. The van der Waals surface area contributed by atoms with Crippen molar-refractivity contribution in [3.63, 3.8) is 0 Å². The summed E-state index contributed by atoms with van der Waals surface area (Å²) < 4.78 is 11.5. The van der Waals surface area contributed by atoms with Crippen LogP contribution in [0.5, 0.6) is 0 Å². The van der Waals surface area contributed by atoms with E-state index in [0.29, 0.717) is 0 Å². The molecular weight excluding hydrogens is 292 g/mol. The van der Waals surface area contributed by atoms with E-state index in [1.807, 2.05) is 17.2 Å². The van der Waals surface area contributed by atoms with Crippen LogP contribution in [-0.2, 0) is 16.1 Å². The lowest BCUT2D eigenvalue weighted by Gasteiger charge is -2.39. The summed E-state index contributed by atoms with van der Waals surface area (Å²) in [7, 11) is 0. The molecule has 0 aromatic carbocycles. The highest BCUT2D eigenvalue weighted by Gasteiger charge is 2.45. The fourth-order valence-corrected chi connectivity index (χ4v) is 4.26. The monoisotopic (exact) mass is 318 g/mol. The van der Waals surface area contributed by atoms with Crippen molar-refractivity contribution in [1.82, 2.24) is 9.80 Å². The number of nitrogens with zero attached hydrogens (tertiary/aromatic N) is 2. The molecule has 1 aromatic rings. The molecule has 4 rings (SSSR count). The van der Waals surface area contributed by atoms with Gasteiger partial charge in [-0.15, -0.1) is 0 Å². The number of rotatable bonds is 3. The number of ether oxygens (including phenoxy) is 1. The Balaban J connectivity index is 1.30. The van der Waals surface area contributed by atoms with Crippen LogP contribution < -0.4 is 0 Å². The molecule has 3 aliphatic rings. The highest BCUT2D eigenvalue weighted by Crippen LogP contribution is 2.39. The third-order valence-electron chi connectivity index (χ3n) is 5.70. The van der Waals surface area contributed by atoms with Gasteiger partial charge in [-0.3, -0.25) is 9.69 Å². The van der Waals surface area contributed by atoms with Crippen molar-refractivity contribution >= 4 is 5.91 Å². The van der Waals surface area contributed by atoms with Gasteiger partial charge >= 0.3 is 0 Å². The lowest BCUT2D eigenvalue weighted by Crippen LogP contribution is -2.45.